The van der Waals surface area contributed by atoms with Gasteiger partial charge in [-0.15, -0.1) is 0 Å². The first-order chi connectivity index (χ1) is 9.22. The van der Waals surface area contributed by atoms with E-state index in [1.54, 1.807) is 0 Å². The van der Waals surface area contributed by atoms with E-state index in [4.69, 9.17) is 23.2 Å². The molecule has 0 atom stereocenters. The number of para-hydroxylation sites is 1. The van der Waals surface area contributed by atoms with Crippen LogP contribution >= 0.6 is 35.1 Å². The van der Waals surface area contributed by atoms with Gasteiger partial charge in [-0.25, -0.2) is 0 Å². The monoisotopic (exact) mass is 317 g/mol. The molecule has 0 saturated heterocycles. The van der Waals surface area contributed by atoms with Gasteiger partial charge in [0.2, 0.25) is 0 Å². The Morgan fingerprint density at radius 1 is 1.16 bits per heavy atom. The van der Waals surface area contributed by atoms with Crippen LogP contribution in [0.2, 0.25) is 10.0 Å². The van der Waals surface area contributed by atoms with Gasteiger partial charge in [0.1, 0.15) is 0 Å². The lowest BCUT2D eigenvalue weighted by atomic mass is 10.0. The fourth-order valence-electron chi connectivity index (χ4n) is 2.50. The molecule has 0 radical (unpaired) electrons. The van der Waals surface area contributed by atoms with Crippen molar-refractivity contribution in [3.8, 4) is 0 Å². The molecule has 1 aliphatic carbocycles. The number of hydrogen-bond acceptors (Lipinski definition) is 2. The largest absolute Gasteiger partial charge is 0.313 e. The molecule has 1 saturated carbocycles. The Labute approximate surface area is 130 Å². The Morgan fingerprint density at radius 2 is 1.79 bits per heavy atom. The summed E-state index contributed by atoms with van der Waals surface area (Å²) in [7, 11) is 0. The second-order valence-electron chi connectivity index (χ2n) is 5.04. The van der Waals surface area contributed by atoms with E-state index < -0.39 is 0 Å². The maximum Gasteiger partial charge on any atom is 0.0844 e. The molecule has 0 bridgehead atoms. The zero-order valence-electron chi connectivity index (χ0n) is 11.4. The predicted octanol–water partition coefficient (Wildman–Crippen LogP) is 6.19. The average molecular weight is 318 g/mol. The molecule has 4 heteroatoms. The molecular weight excluding hydrogens is 297 g/mol. The van der Waals surface area contributed by atoms with Crippen molar-refractivity contribution in [2.45, 2.75) is 50.7 Å². The highest BCUT2D eigenvalue weighted by Gasteiger charge is 2.21. The summed E-state index contributed by atoms with van der Waals surface area (Å²) in [6.07, 6.45) is 7.82. The van der Waals surface area contributed by atoms with Gasteiger partial charge in [0.15, 0.2) is 0 Å². The summed E-state index contributed by atoms with van der Waals surface area (Å²) in [6.45, 7) is 3.18. The third-order valence-corrected chi connectivity index (χ3v) is 5.44. The van der Waals surface area contributed by atoms with Gasteiger partial charge in [0.25, 0.3) is 0 Å². The number of halogens is 2. The lowest BCUT2D eigenvalue weighted by Gasteiger charge is -2.31. The lowest BCUT2D eigenvalue weighted by molar-refractivity contribution is 0.515. The number of rotatable bonds is 5. The zero-order chi connectivity index (χ0) is 13.7. The molecule has 1 fully saturated rings. The van der Waals surface area contributed by atoms with Crippen molar-refractivity contribution in [1.29, 1.82) is 0 Å². The minimum absolute atomic E-state index is 0.715. The van der Waals surface area contributed by atoms with Crippen LogP contribution < -0.4 is 4.31 Å². The maximum absolute atomic E-state index is 6.34. The summed E-state index contributed by atoms with van der Waals surface area (Å²) in [5, 5.41) is 2.22. The van der Waals surface area contributed by atoms with Gasteiger partial charge in [-0.05, 0) is 43.3 Å². The Bertz CT molecular complexity index is 385. The summed E-state index contributed by atoms with van der Waals surface area (Å²) < 4.78 is 2.31. The summed E-state index contributed by atoms with van der Waals surface area (Å²) in [4.78, 5) is 0. The van der Waals surface area contributed by atoms with Crippen molar-refractivity contribution in [2.24, 2.45) is 0 Å². The van der Waals surface area contributed by atoms with Crippen LogP contribution in [0.25, 0.3) is 0 Å². The number of anilines is 1. The van der Waals surface area contributed by atoms with Crippen LogP contribution in [0.15, 0.2) is 18.2 Å². The van der Waals surface area contributed by atoms with E-state index in [1.807, 2.05) is 30.1 Å². The smallest absolute Gasteiger partial charge is 0.0844 e. The van der Waals surface area contributed by atoms with E-state index in [9.17, 15) is 0 Å². The standard InChI is InChI=1S/C15H21Cl2NS/c1-2-11-18(19-12-7-4-3-5-8-12)15-13(16)9-6-10-14(15)17/h6,9-10,12H,2-5,7-8,11H2,1H3. The minimum atomic E-state index is 0.715. The minimum Gasteiger partial charge on any atom is -0.313 e. The second-order valence-corrected chi connectivity index (χ2v) is 7.17. The predicted molar refractivity (Wildman–Crippen MR) is 88.6 cm³/mol. The molecule has 1 aliphatic rings. The second kappa shape index (κ2) is 7.66. The summed E-state index contributed by atoms with van der Waals surface area (Å²) in [5.74, 6) is 0. The highest BCUT2D eigenvalue weighted by molar-refractivity contribution is 8.01. The Balaban J connectivity index is 2.14. The van der Waals surface area contributed by atoms with Crippen molar-refractivity contribution in [2.75, 3.05) is 10.8 Å². The van der Waals surface area contributed by atoms with Crippen LogP contribution in [0, 0.1) is 0 Å². The molecule has 106 valence electrons. The van der Waals surface area contributed by atoms with Crippen molar-refractivity contribution >= 4 is 40.8 Å². The zero-order valence-corrected chi connectivity index (χ0v) is 13.7. The Kier molecular flexibility index (Phi) is 6.18. The van der Waals surface area contributed by atoms with E-state index in [0.29, 0.717) is 5.25 Å². The van der Waals surface area contributed by atoms with Gasteiger partial charge >= 0.3 is 0 Å². The van der Waals surface area contributed by atoms with Crippen LogP contribution in [0.1, 0.15) is 45.4 Å². The number of nitrogens with zero attached hydrogens (tertiary/aromatic N) is 1. The molecule has 2 rings (SSSR count). The third kappa shape index (κ3) is 4.21. The molecule has 0 unspecified atom stereocenters. The quantitative estimate of drug-likeness (QED) is 0.595. The Hall–Kier alpha value is -0.0500. The van der Waals surface area contributed by atoms with Crippen LogP contribution in [-0.4, -0.2) is 11.8 Å². The van der Waals surface area contributed by atoms with E-state index in [-0.39, 0.29) is 0 Å². The molecule has 0 aromatic heterocycles. The molecule has 0 heterocycles. The molecule has 0 amide bonds. The Morgan fingerprint density at radius 3 is 2.37 bits per heavy atom. The SMILES string of the molecule is CCCN(SC1CCCCC1)c1c(Cl)cccc1Cl. The lowest BCUT2D eigenvalue weighted by Crippen LogP contribution is -2.22. The van der Waals surface area contributed by atoms with Crippen molar-refractivity contribution in [3.05, 3.63) is 28.2 Å². The van der Waals surface area contributed by atoms with Gasteiger partial charge in [0.05, 0.1) is 15.7 Å². The topological polar surface area (TPSA) is 3.24 Å². The fraction of sp³-hybridized carbons (Fsp3) is 0.600. The van der Waals surface area contributed by atoms with Crippen LogP contribution in [-0.2, 0) is 0 Å². The van der Waals surface area contributed by atoms with E-state index in [1.165, 1.54) is 32.1 Å². The van der Waals surface area contributed by atoms with Gasteiger partial charge < -0.3 is 4.31 Å². The maximum atomic E-state index is 6.34. The molecule has 19 heavy (non-hydrogen) atoms. The highest BCUT2D eigenvalue weighted by atomic mass is 35.5. The summed E-state index contributed by atoms with van der Waals surface area (Å²) in [5.41, 5.74) is 0.989. The van der Waals surface area contributed by atoms with Gasteiger partial charge in [-0.2, -0.15) is 0 Å². The van der Waals surface area contributed by atoms with E-state index in [0.717, 1.165) is 28.7 Å². The first-order valence-corrected chi connectivity index (χ1v) is 8.70. The molecule has 1 aromatic rings. The van der Waals surface area contributed by atoms with Crippen LogP contribution in [0.5, 0.6) is 0 Å². The molecule has 0 aliphatic heterocycles. The molecular formula is C15H21Cl2NS. The number of benzene rings is 1. The first kappa shape index (κ1) is 15.3. The molecule has 1 nitrogen and oxygen atoms in total. The average Bonchev–Trinajstić information content (AvgIpc) is 2.40. The van der Waals surface area contributed by atoms with Gasteiger partial charge in [-0.1, -0.05) is 55.5 Å². The fourth-order valence-corrected chi connectivity index (χ4v) is 4.69. The normalized spacial score (nSPS) is 16.6. The molecule has 1 aromatic carbocycles. The van der Waals surface area contributed by atoms with Crippen molar-refractivity contribution in [1.82, 2.24) is 0 Å². The summed E-state index contributed by atoms with van der Waals surface area (Å²) in [6, 6.07) is 5.75. The van der Waals surface area contributed by atoms with Crippen LogP contribution in [0.3, 0.4) is 0 Å². The molecule has 0 spiro atoms. The summed E-state index contributed by atoms with van der Waals surface area (Å²) >= 11 is 14.6. The van der Waals surface area contributed by atoms with Gasteiger partial charge in [-0.3, -0.25) is 0 Å². The van der Waals surface area contributed by atoms with Crippen molar-refractivity contribution < 1.29 is 0 Å². The van der Waals surface area contributed by atoms with E-state index in [2.05, 4.69) is 11.2 Å². The highest BCUT2D eigenvalue weighted by Crippen LogP contribution is 2.40. The van der Waals surface area contributed by atoms with Crippen LogP contribution in [0.4, 0.5) is 5.69 Å². The van der Waals surface area contributed by atoms with E-state index >= 15 is 0 Å². The third-order valence-electron chi connectivity index (χ3n) is 3.44. The number of hydrogen-bond donors (Lipinski definition) is 0. The first-order valence-electron chi connectivity index (χ1n) is 7.10. The van der Waals surface area contributed by atoms with Gasteiger partial charge in [0, 0.05) is 11.8 Å². The molecule has 0 N–H and O–H groups in total. The van der Waals surface area contributed by atoms with Crippen molar-refractivity contribution in [3.63, 3.8) is 0 Å².